The molecule has 0 bridgehead atoms. The maximum Gasteiger partial charge on any atom is 0.0522 e. The highest BCUT2D eigenvalue weighted by Gasteiger charge is 2.10. The highest BCUT2D eigenvalue weighted by atomic mass is 16.3. The van der Waals surface area contributed by atoms with Crippen LogP contribution in [-0.4, -0.2) is 11.7 Å². The Labute approximate surface area is 85.4 Å². The van der Waals surface area contributed by atoms with Gasteiger partial charge in [0.05, 0.1) is 6.61 Å². The second-order valence-electron chi connectivity index (χ2n) is 4.01. The fourth-order valence-electron chi connectivity index (χ4n) is 0.958. The first-order chi connectivity index (χ1) is 6.64. The van der Waals surface area contributed by atoms with E-state index in [9.17, 15) is 0 Å². The van der Waals surface area contributed by atoms with Crippen LogP contribution in [0, 0.1) is 5.41 Å². The van der Waals surface area contributed by atoms with E-state index in [1.165, 1.54) is 0 Å². The van der Waals surface area contributed by atoms with Crippen molar-refractivity contribution in [1.29, 1.82) is 0 Å². The van der Waals surface area contributed by atoms with Gasteiger partial charge in [-0.15, -0.1) is 5.73 Å². The summed E-state index contributed by atoms with van der Waals surface area (Å²) in [7, 11) is 0. The largest absolute Gasteiger partial charge is 0.395 e. The summed E-state index contributed by atoms with van der Waals surface area (Å²) in [6.45, 7) is 4.08. The molecule has 0 aliphatic carbocycles. The summed E-state index contributed by atoms with van der Waals surface area (Å²) in [5.41, 5.74) is 4.02. The molecule has 0 saturated carbocycles. The molecule has 0 fully saturated rings. The number of benzene rings is 1. The summed E-state index contributed by atoms with van der Waals surface area (Å²) in [5, 5.41) is 9.01. The van der Waals surface area contributed by atoms with Gasteiger partial charge in [-0.2, -0.15) is 0 Å². The van der Waals surface area contributed by atoms with Gasteiger partial charge >= 0.3 is 0 Å². The van der Waals surface area contributed by atoms with E-state index >= 15 is 0 Å². The lowest BCUT2D eigenvalue weighted by Gasteiger charge is -2.13. The SMILES string of the molecule is CC(C)(C=C=Cc1ccccc1)CO. The van der Waals surface area contributed by atoms with Gasteiger partial charge in [-0.3, -0.25) is 0 Å². The van der Waals surface area contributed by atoms with Crippen molar-refractivity contribution in [3.05, 3.63) is 47.7 Å². The quantitative estimate of drug-likeness (QED) is 0.723. The van der Waals surface area contributed by atoms with Crippen LogP contribution in [0.2, 0.25) is 0 Å². The van der Waals surface area contributed by atoms with Crippen LogP contribution in [0.1, 0.15) is 19.4 Å². The minimum absolute atomic E-state index is 0.141. The Bertz CT molecular complexity index is 330. The van der Waals surface area contributed by atoms with Crippen molar-refractivity contribution in [1.82, 2.24) is 0 Å². The van der Waals surface area contributed by atoms with Crippen molar-refractivity contribution in [2.24, 2.45) is 5.41 Å². The molecule has 0 amide bonds. The second-order valence-corrected chi connectivity index (χ2v) is 4.01. The van der Waals surface area contributed by atoms with Crippen molar-refractivity contribution in [2.45, 2.75) is 13.8 Å². The molecule has 0 heterocycles. The molecule has 0 aromatic heterocycles. The number of hydrogen-bond acceptors (Lipinski definition) is 1. The Morgan fingerprint density at radius 2 is 1.93 bits per heavy atom. The van der Waals surface area contributed by atoms with E-state index in [2.05, 4.69) is 5.73 Å². The van der Waals surface area contributed by atoms with Crippen LogP contribution in [0.25, 0.3) is 6.08 Å². The third kappa shape index (κ3) is 3.61. The van der Waals surface area contributed by atoms with Gasteiger partial charge < -0.3 is 5.11 Å². The van der Waals surface area contributed by atoms with Gasteiger partial charge in [0.15, 0.2) is 0 Å². The normalized spacial score (nSPS) is 10.5. The lowest BCUT2D eigenvalue weighted by Crippen LogP contribution is -2.11. The van der Waals surface area contributed by atoms with Crippen LogP contribution in [0.5, 0.6) is 0 Å². The van der Waals surface area contributed by atoms with Crippen LogP contribution in [0.15, 0.2) is 42.1 Å². The van der Waals surface area contributed by atoms with Crippen LogP contribution in [0.3, 0.4) is 0 Å². The number of aliphatic hydroxyl groups excluding tert-OH is 1. The summed E-state index contributed by atoms with van der Waals surface area (Å²) in [6, 6.07) is 10.0. The van der Waals surface area contributed by atoms with E-state index in [0.717, 1.165) is 5.56 Å². The van der Waals surface area contributed by atoms with E-state index in [0.29, 0.717) is 0 Å². The van der Waals surface area contributed by atoms with Crippen LogP contribution in [0.4, 0.5) is 0 Å². The van der Waals surface area contributed by atoms with Crippen molar-refractivity contribution in [3.63, 3.8) is 0 Å². The molecule has 0 saturated heterocycles. The summed E-state index contributed by atoms with van der Waals surface area (Å²) in [5.74, 6) is 0. The molecule has 0 atom stereocenters. The predicted molar refractivity (Wildman–Crippen MR) is 59.9 cm³/mol. The van der Waals surface area contributed by atoms with Crippen molar-refractivity contribution < 1.29 is 5.11 Å². The number of rotatable bonds is 3. The van der Waals surface area contributed by atoms with E-state index in [1.807, 2.05) is 56.3 Å². The Balaban J connectivity index is 2.74. The summed E-state index contributed by atoms with van der Waals surface area (Å²) < 4.78 is 0. The zero-order chi connectivity index (χ0) is 10.4. The summed E-state index contributed by atoms with van der Waals surface area (Å²) in [4.78, 5) is 0. The molecule has 0 radical (unpaired) electrons. The van der Waals surface area contributed by atoms with Crippen molar-refractivity contribution >= 4 is 6.08 Å². The fourth-order valence-corrected chi connectivity index (χ4v) is 0.958. The molecule has 1 nitrogen and oxygen atoms in total. The van der Waals surface area contributed by atoms with E-state index in [1.54, 1.807) is 0 Å². The minimum Gasteiger partial charge on any atom is -0.395 e. The first-order valence-corrected chi connectivity index (χ1v) is 4.74. The molecule has 0 aliphatic rings. The summed E-state index contributed by atoms with van der Waals surface area (Å²) >= 11 is 0. The average molecular weight is 188 g/mol. The third-order valence-corrected chi connectivity index (χ3v) is 1.93. The van der Waals surface area contributed by atoms with Gasteiger partial charge in [-0.1, -0.05) is 44.2 Å². The molecule has 14 heavy (non-hydrogen) atoms. The lowest BCUT2D eigenvalue weighted by atomic mass is 9.95. The van der Waals surface area contributed by atoms with Crippen molar-refractivity contribution in [3.8, 4) is 0 Å². The van der Waals surface area contributed by atoms with Gasteiger partial charge in [0.2, 0.25) is 0 Å². The lowest BCUT2D eigenvalue weighted by molar-refractivity contribution is 0.200. The zero-order valence-electron chi connectivity index (χ0n) is 8.70. The molecule has 0 aliphatic heterocycles. The molecule has 1 heteroatoms. The molecular weight excluding hydrogens is 172 g/mol. The Kier molecular flexibility index (Phi) is 3.70. The van der Waals surface area contributed by atoms with E-state index in [4.69, 9.17) is 5.11 Å². The van der Waals surface area contributed by atoms with E-state index < -0.39 is 0 Å². The average Bonchev–Trinajstić information content (AvgIpc) is 2.19. The topological polar surface area (TPSA) is 20.2 Å². The Morgan fingerprint density at radius 3 is 2.50 bits per heavy atom. The first-order valence-electron chi connectivity index (χ1n) is 4.74. The molecule has 1 N–H and O–H groups in total. The van der Waals surface area contributed by atoms with Gasteiger partial charge in [-0.05, 0) is 17.7 Å². The molecule has 1 aromatic carbocycles. The Morgan fingerprint density at radius 1 is 1.29 bits per heavy atom. The Hall–Kier alpha value is -1.30. The highest BCUT2D eigenvalue weighted by Crippen LogP contribution is 2.14. The molecule has 0 unspecified atom stereocenters. The number of aliphatic hydroxyl groups is 1. The highest BCUT2D eigenvalue weighted by molar-refractivity contribution is 5.48. The zero-order valence-corrected chi connectivity index (χ0v) is 8.70. The predicted octanol–water partition coefficient (Wildman–Crippen LogP) is 2.87. The molecular formula is C13H16O. The van der Waals surface area contributed by atoms with Gasteiger partial charge in [0, 0.05) is 5.41 Å². The third-order valence-electron chi connectivity index (χ3n) is 1.93. The summed E-state index contributed by atoms with van der Waals surface area (Å²) in [6.07, 6.45) is 3.80. The standard InChI is InChI=1S/C13H16O/c1-13(2,11-14)10-6-9-12-7-4-3-5-8-12/h3-5,7-10,14H,11H2,1-2H3. The molecule has 0 spiro atoms. The van der Waals surface area contributed by atoms with Gasteiger partial charge in [0.1, 0.15) is 0 Å². The molecule has 1 rings (SSSR count). The number of hydrogen-bond donors (Lipinski definition) is 1. The maximum atomic E-state index is 9.01. The molecule has 1 aromatic rings. The monoisotopic (exact) mass is 188 g/mol. The molecule has 74 valence electrons. The van der Waals surface area contributed by atoms with Gasteiger partial charge in [-0.25, -0.2) is 0 Å². The first kappa shape index (κ1) is 10.8. The van der Waals surface area contributed by atoms with Gasteiger partial charge in [0.25, 0.3) is 0 Å². The van der Waals surface area contributed by atoms with Crippen LogP contribution in [-0.2, 0) is 0 Å². The van der Waals surface area contributed by atoms with Crippen molar-refractivity contribution in [2.75, 3.05) is 6.61 Å². The van der Waals surface area contributed by atoms with Crippen LogP contribution < -0.4 is 0 Å². The van der Waals surface area contributed by atoms with Crippen LogP contribution >= 0.6 is 0 Å². The fraction of sp³-hybridized carbons (Fsp3) is 0.308. The van der Waals surface area contributed by atoms with E-state index in [-0.39, 0.29) is 12.0 Å². The minimum atomic E-state index is -0.189. The second kappa shape index (κ2) is 4.80. The smallest absolute Gasteiger partial charge is 0.0522 e. The maximum absolute atomic E-state index is 9.01.